The number of hydrogen-bond donors (Lipinski definition) is 0. The molecule has 12 heavy (non-hydrogen) atoms. The molecule has 0 bridgehead atoms. The smallest absolute Gasteiger partial charge is 0.854 e. The van der Waals surface area contributed by atoms with Crippen LogP contribution in [0.15, 0.2) is 0 Å². The molecule has 0 spiro atoms. The average molecular weight is 198 g/mol. The second kappa shape index (κ2) is 29.3. The normalized spacial score (nSPS) is 6.50. The maximum absolute atomic E-state index is 9.81. The molecule has 0 aromatic heterocycles. The van der Waals surface area contributed by atoms with Crippen LogP contribution in [0.4, 0.5) is 0 Å². The Balaban J connectivity index is -0.0000000408. The van der Waals surface area contributed by atoms with Gasteiger partial charge in [0.05, 0.1) is 0 Å². The van der Waals surface area contributed by atoms with E-state index in [4.69, 9.17) is 0 Å². The topological polar surface area (TPSA) is 109 Å². The Morgan fingerprint density at radius 2 is 0.833 bits per heavy atom. The SMILES string of the molecule is O.O.[Na+].[Na+].[O-]CCCCCC[O-]. The fourth-order valence-corrected chi connectivity index (χ4v) is 0.558. The molecule has 0 radical (unpaired) electrons. The fraction of sp³-hybridized carbons (Fsp3) is 1.00. The Morgan fingerprint density at radius 3 is 1.00 bits per heavy atom. The van der Waals surface area contributed by atoms with Gasteiger partial charge in [0.1, 0.15) is 0 Å². The molecule has 0 aliphatic rings. The van der Waals surface area contributed by atoms with Crippen LogP contribution in [0.3, 0.4) is 0 Å². The van der Waals surface area contributed by atoms with E-state index in [1.165, 1.54) is 0 Å². The van der Waals surface area contributed by atoms with E-state index in [1.807, 2.05) is 0 Å². The predicted molar refractivity (Wildman–Crippen MR) is 35.4 cm³/mol. The Bertz CT molecular complexity index is 42.5. The molecule has 0 aromatic carbocycles. The van der Waals surface area contributed by atoms with Crippen molar-refractivity contribution in [1.29, 1.82) is 0 Å². The van der Waals surface area contributed by atoms with Gasteiger partial charge in [-0.05, 0) is 0 Å². The first-order valence-corrected chi connectivity index (χ1v) is 3.08. The monoisotopic (exact) mass is 198 g/mol. The van der Waals surface area contributed by atoms with E-state index in [2.05, 4.69) is 0 Å². The average Bonchev–Trinajstić information content (AvgIpc) is 1.81. The van der Waals surface area contributed by atoms with Gasteiger partial charge in [-0.25, -0.2) is 0 Å². The van der Waals surface area contributed by atoms with Gasteiger partial charge in [0.15, 0.2) is 0 Å². The molecule has 0 saturated carbocycles. The van der Waals surface area contributed by atoms with Gasteiger partial charge in [-0.2, -0.15) is 0 Å². The Kier molecular flexibility index (Phi) is 71.3. The van der Waals surface area contributed by atoms with E-state index < -0.39 is 0 Å². The van der Waals surface area contributed by atoms with Gasteiger partial charge in [-0.15, -0.1) is 13.2 Å². The molecule has 66 valence electrons. The van der Waals surface area contributed by atoms with Crippen molar-refractivity contribution in [3.63, 3.8) is 0 Å². The Hall–Kier alpha value is 1.84. The zero-order valence-corrected chi connectivity index (χ0v) is 12.1. The summed E-state index contributed by atoms with van der Waals surface area (Å²) in [7, 11) is 0. The van der Waals surface area contributed by atoms with Gasteiger partial charge in [0, 0.05) is 0 Å². The van der Waals surface area contributed by atoms with Gasteiger partial charge in [0.25, 0.3) is 0 Å². The molecule has 0 fully saturated rings. The van der Waals surface area contributed by atoms with Crippen LogP contribution in [0.5, 0.6) is 0 Å². The van der Waals surface area contributed by atoms with Crippen molar-refractivity contribution in [3.05, 3.63) is 0 Å². The Labute approximate surface area is 118 Å². The van der Waals surface area contributed by atoms with Crippen molar-refractivity contribution in [1.82, 2.24) is 0 Å². The van der Waals surface area contributed by atoms with Crippen LogP contribution in [0.1, 0.15) is 25.7 Å². The third-order valence-corrected chi connectivity index (χ3v) is 1.04. The first-order chi connectivity index (χ1) is 3.91. The third-order valence-electron chi connectivity index (χ3n) is 1.04. The second-order valence-electron chi connectivity index (χ2n) is 1.82. The van der Waals surface area contributed by atoms with E-state index in [0.717, 1.165) is 25.7 Å². The Morgan fingerprint density at radius 1 is 0.583 bits per heavy atom. The minimum atomic E-state index is 0. The molecule has 0 aliphatic heterocycles. The van der Waals surface area contributed by atoms with Crippen LogP contribution in [0.2, 0.25) is 0 Å². The summed E-state index contributed by atoms with van der Waals surface area (Å²) in [5.74, 6) is 0. The molecule has 0 rings (SSSR count). The summed E-state index contributed by atoms with van der Waals surface area (Å²) in [4.78, 5) is 0. The minimum Gasteiger partial charge on any atom is -0.854 e. The maximum atomic E-state index is 9.81. The van der Waals surface area contributed by atoms with Crippen LogP contribution in [-0.4, -0.2) is 24.2 Å². The third kappa shape index (κ3) is 29.7. The van der Waals surface area contributed by atoms with Crippen LogP contribution in [-0.2, 0) is 0 Å². The van der Waals surface area contributed by atoms with E-state index in [0.29, 0.717) is 0 Å². The summed E-state index contributed by atoms with van der Waals surface area (Å²) in [5, 5.41) is 19.6. The summed E-state index contributed by atoms with van der Waals surface area (Å²) < 4.78 is 0. The van der Waals surface area contributed by atoms with Crippen LogP contribution >= 0.6 is 0 Å². The second-order valence-corrected chi connectivity index (χ2v) is 1.82. The summed E-state index contributed by atoms with van der Waals surface area (Å²) in [5.41, 5.74) is 0. The molecule has 0 saturated heterocycles. The van der Waals surface area contributed by atoms with Gasteiger partial charge in [-0.3, -0.25) is 0 Å². The van der Waals surface area contributed by atoms with E-state index in [-0.39, 0.29) is 83.3 Å². The summed E-state index contributed by atoms with van der Waals surface area (Å²) in [6.07, 6.45) is 3.34. The number of hydrogen-bond acceptors (Lipinski definition) is 2. The van der Waals surface area contributed by atoms with Gasteiger partial charge >= 0.3 is 59.1 Å². The van der Waals surface area contributed by atoms with Gasteiger partial charge in [-0.1, -0.05) is 25.7 Å². The summed E-state index contributed by atoms with van der Waals surface area (Å²) in [6.45, 7) is 0.0255. The fourth-order valence-electron chi connectivity index (χ4n) is 0.558. The molecular formula is C6H16Na2O4. The summed E-state index contributed by atoms with van der Waals surface area (Å²) in [6, 6.07) is 0. The van der Waals surface area contributed by atoms with E-state index in [9.17, 15) is 10.2 Å². The van der Waals surface area contributed by atoms with Crippen molar-refractivity contribution >= 4 is 0 Å². The van der Waals surface area contributed by atoms with E-state index >= 15 is 0 Å². The molecule has 0 heterocycles. The molecule has 0 aromatic rings. The van der Waals surface area contributed by atoms with Crippen molar-refractivity contribution in [2.24, 2.45) is 0 Å². The molecule has 4 nitrogen and oxygen atoms in total. The molecule has 0 amide bonds. The van der Waals surface area contributed by atoms with Crippen molar-refractivity contribution in [2.45, 2.75) is 25.7 Å². The van der Waals surface area contributed by atoms with Crippen LogP contribution < -0.4 is 69.3 Å². The van der Waals surface area contributed by atoms with Crippen LogP contribution in [0.25, 0.3) is 0 Å². The quantitative estimate of drug-likeness (QED) is 0.323. The van der Waals surface area contributed by atoms with E-state index in [1.54, 1.807) is 0 Å². The van der Waals surface area contributed by atoms with Gasteiger partial charge in [0.2, 0.25) is 0 Å². The first kappa shape index (κ1) is 29.2. The van der Waals surface area contributed by atoms with Crippen molar-refractivity contribution in [3.8, 4) is 0 Å². The molecule has 0 aliphatic carbocycles. The molecular weight excluding hydrogens is 182 g/mol. The number of unbranched alkanes of at least 4 members (excludes halogenated alkanes) is 3. The molecule has 6 heteroatoms. The largest absolute Gasteiger partial charge is 1.00 e. The van der Waals surface area contributed by atoms with Crippen molar-refractivity contribution < 1.29 is 80.3 Å². The maximum Gasteiger partial charge on any atom is 1.00 e. The zero-order chi connectivity index (χ0) is 6.24. The standard InChI is InChI=1S/C6H12O2.2Na.2H2O/c7-5-3-1-2-4-6-8;;;;/h1-6H2;;;2*1H2/q-2;2*+1;;. The molecule has 0 unspecified atom stereocenters. The van der Waals surface area contributed by atoms with Crippen LogP contribution in [0, 0.1) is 0 Å². The minimum absolute atomic E-state index is 0. The predicted octanol–water partition coefficient (Wildman–Crippen LogP) is -8.37. The molecule has 0 atom stereocenters. The van der Waals surface area contributed by atoms with Crippen molar-refractivity contribution in [2.75, 3.05) is 13.2 Å². The zero-order valence-electron chi connectivity index (χ0n) is 8.06. The van der Waals surface area contributed by atoms with Gasteiger partial charge < -0.3 is 21.2 Å². The number of rotatable bonds is 5. The first-order valence-electron chi connectivity index (χ1n) is 3.08. The summed E-state index contributed by atoms with van der Waals surface area (Å²) >= 11 is 0. The molecule has 4 N–H and O–H groups in total.